The number of nitrogens with one attached hydrogen (secondary N) is 1. The average Bonchev–Trinajstić information content (AvgIpc) is 3.03. The van der Waals surface area contributed by atoms with Gasteiger partial charge >= 0.3 is 0 Å². The number of carbonyl (C=O) groups is 1. The highest BCUT2D eigenvalue weighted by Gasteiger charge is 2.19. The highest BCUT2D eigenvalue weighted by Crippen LogP contribution is 2.21. The third-order valence-corrected chi connectivity index (χ3v) is 6.47. The number of hydrogen-bond donors (Lipinski definition) is 1. The SMILES string of the molecule is CCc1ccc(S(=O)(=O)NCC(=O)N(C)Cc2ccccc2)s1. The summed E-state index contributed by atoms with van der Waals surface area (Å²) in [6, 6.07) is 12.9. The van der Waals surface area contributed by atoms with Crippen LogP contribution in [-0.2, 0) is 27.8 Å². The number of likely N-dealkylation sites (N-methyl/N-ethyl adjacent to an activating group) is 1. The number of hydrogen-bond acceptors (Lipinski definition) is 4. The van der Waals surface area contributed by atoms with Gasteiger partial charge in [-0.3, -0.25) is 4.79 Å². The van der Waals surface area contributed by atoms with Crippen LogP contribution in [0.15, 0.2) is 46.7 Å². The molecule has 1 aromatic heterocycles. The topological polar surface area (TPSA) is 66.5 Å². The van der Waals surface area contributed by atoms with E-state index < -0.39 is 10.0 Å². The molecule has 124 valence electrons. The molecule has 0 radical (unpaired) electrons. The molecule has 2 rings (SSSR count). The third-order valence-electron chi connectivity index (χ3n) is 3.35. The summed E-state index contributed by atoms with van der Waals surface area (Å²) in [4.78, 5) is 14.6. The maximum atomic E-state index is 12.2. The van der Waals surface area contributed by atoms with Crippen molar-refractivity contribution in [1.29, 1.82) is 0 Å². The van der Waals surface area contributed by atoms with Crippen molar-refractivity contribution in [2.24, 2.45) is 0 Å². The highest BCUT2D eigenvalue weighted by molar-refractivity contribution is 7.91. The predicted molar refractivity (Wildman–Crippen MR) is 91.8 cm³/mol. The van der Waals surface area contributed by atoms with E-state index in [9.17, 15) is 13.2 Å². The Bertz CT molecular complexity index is 755. The molecule has 0 bridgehead atoms. The zero-order valence-electron chi connectivity index (χ0n) is 13.2. The quantitative estimate of drug-likeness (QED) is 0.831. The van der Waals surface area contributed by atoms with E-state index in [4.69, 9.17) is 0 Å². The first-order valence-corrected chi connectivity index (χ1v) is 9.58. The molecule has 0 saturated heterocycles. The van der Waals surface area contributed by atoms with Gasteiger partial charge in [0.25, 0.3) is 10.0 Å². The molecule has 1 N–H and O–H groups in total. The second-order valence-corrected chi connectivity index (χ2v) is 8.30. The molecule has 1 heterocycles. The number of aryl methyl sites for hydroxylation is 1. The van der Waals surface area contributed by atoms with Crippen molar-refractivity contribution in [3.63, 3.8) is 0 Å². The van der Waals surface area contributed by atoms with Crippen LogP contribution in [0.4, 0.5) is 0 Å². The van der Waals surface area contributed by atoms with Gasteiger partial charge in [-0.25, -0.2) is 13.1 Å². The van der Waals surface area contributed by atoms with Crippen molar-refractivity contribution in [2.45, 2.75) is 24.1 Å². The maximum Gasteiger partial charge on any atom is 0.250 e. The molecule has 1 amide bonds. The average molecular weight is 352 g/mol. The first kappa shape index (κ1) is 17.7. The normalized spacial score (nSPS) is 11.4. The molecule has 1 aromatic carbocycles. The Hall–Kier alpha value is -1.70. The molecule has 5 nitrogen and oxygen atoms in total. The Balaban J connectivity index is 1.92. The molecule has 0 unspecified atom stereocenters. The standard InChI is InChI=1S/C16H20N2O3S2/c1-3-14-9-10-16(22-14)23(20,21)17-11-15(19)18(2)12-13-7-5-4-6-8-13/h4-10,17H,3,11-12H2,1-2H3. The van der Waals surface area contributed by atoms with Crippen LogP contribution in [0.25, 0.3) is 0 Å². The molecular formula is C16H20N2O3S2. The molecule has 0 aliphatic heterocycles. The smallest absolute Gasteiger partial charge is 0.250 e. The fourth-order valence-corrected chi connectivity index (χ4v) is 4.32. The van der Waals surface area contributed by atoms with Crippen molar-refractivity contribution in [2.75, 3.05) is 13.6 Å². The summed E-state index contributed by atoms with van der Waals surface area (Å²) in [6.45, 7) is 2.17. The lowest BCUT2D eigenvalue weighted by molar-refractivity contribution is -0.129. The van der Waals surface area contributed by atoms with Crippen molar-refractivity contribution >= 4 is 27.3 Å². The predicted octanol–water partition coefficient (Wildman–Crippen LogP) is 2.25. The summed E-state index contributed by atoms with van der Waals surface area (Å²) in [5, 5.41) is 0. The van der Waals surface area contributed by atoms with Crippen LogP contribution in [0.3, 0.4) is 0 Å². The van der Waals surface area contributed by atoms with E-state index in [-0.39, 0.29) is 16.7 Å². The first-order chi connectivity index (χ1) is 10.9. The highest BCUT2D eigenvalue weighted by atomic mass is 32.2. The van der Waals surface area contributed by atoms with E-state index in [1.54, 1.807) is 19.2 Å². The zero-order chi connectivity index (χ0) is 16.9. The Labute approximate surface area is 141 Å². The minimum atomic E-state index is -3.63. The van der Waals surface area contributed by atoms with Gasteiger partial charge in [0.15, 0.2) is 0 Å². The fraction of sp³-hybridized carbons (Fsp3) is 0.312. The van der Waals surface area contributed by atoms with Crippen LogP contribution in [0.1, 0.15) is 17.4 Å². The molecule has 0 saturated carbocycles. The van der Waals surface area contributed by atoms with Crippen LogP contribution in [0.2, 0.25) is 0 Å². The van der Waals surface area contributed by atoms with E-state index in [2.05, 4.69) is 4.72 Å². The number of amides is 1. The molecule has 0 aliphatic carbocycles. The molecular weight excluding hydrogens is 332 g/mol. The van der Waals surface area contributed by atoms with Crippen LogP contribution in [-0.4, -0.2) is 32.8 Å². The van der Waals surface area contributed by atoms with Crippen LogP contribution >= 0.6 is 11.3 Å². The van der Waals surface area contributed by atoms with Crippen molar-refractivity contribution in [1.82, 2.24) is 9.62 Å². The van der Waals surface area contributed by atoms with E-state index >= 15 is 0 Å². The summed E-state index contributed by atoms with van der Waals surface area (Å²) in [5.74, 6) is -0.273. The van der Waals surface area contributed by atoms with E-state index in [1.807, 2.05) is 37.3 Å². The number of thiophene rings is 1. The summed E-state index contributed by atoms with van der Waals surface area (Å²) in [5.41, 5.74) is 0.997. The summed E-state index contributed by atoms with van der Waals surface area (Å²) >= 11 is 1.23. The number of benzene rings is 1. The van der Waals surface area contributed by atoms with E-state index in [0.29, 0.717) is 6.54 Å². The number of carbonyl (C=O) groups excluding carboxylic acids is 1. The largest absolute Gasteiger partial charge is 0.340 e. The van der Waals surface area contributed by atoms with Gasteiger partial charge < -0.3 is 4.90 Å². The van der Waals surface area contributed by atoms with E-state index in [1.165, 1.54) is 16.2 Å². The maximum absolute atomic E-state index is 12.2. The van der Waals surface area contributed by atoms with Gasteiger partial charge in [-0.1, -0.05) is 37.3 Å². The summed E-state index contributed by atoms with van der Waals surface area (Å²) in [6.07, 6.45) is 0.791. The minimum absolute atomic E-state index is 0.243. The van der Waals surface area contributed by atoms with Gasteiger partial charge in [-0.05, 0) is 24.1 Å². The van der Waals surface area contributed by atoms with Crippen LogP contribution in [0, 0.1) is 0 Å². The Morgan fingerprint density at radius 2 is 1.87 bits per heavy atom. The van der Waals surface area contributed by atoms with Gasteiger partial charge in [0.2, 0.25) is 5.91 Å². The van der Waals surface area contributed by atoms with Gasteiger partial charge in [0.05, 0.1) is 6.54 Å². The van der Waals surface area contributed by atoms with Gasteiger partial charge in [-0.15, -0.1) is 11.3 Å². The first-order valence-electron chi connectivity index (χ1n) is 7.28. The second-order valence-electron chi connectivity index (χ2n) is 5.13. The van der Waals surface area contributed by atoms with Crippen LogP contribution < -0.4 is 4.72 Å². The number of rotatable bonds is 7. The lowest BCUT2D eigenvalue weighted by Gasteiger charge is -2.17. The van der Waals surface area contributed by atoms with Crippen molar-refractivity contribution < 1.29 is 13.2 Å². The van der Waals surface area contributed by atoms with Gasteiger partial charge in [-0.2, -0.15) is 0 Å². The number of nitrogens with zero attached hydrogens (tertiary/aromatic N) is 1. The minimum Gasteiger partial charge on any atom is -0.340 e. The number of sulfonamides is 1. The van der Waals surface area contributed by atoms with Crippen molar-refractivity contribution in [3.8, 4) is 0 Å². The lowest BCUT2D eigenvalue weighted by Crippen LogP contribution is -2.37. The van der Waals surface area contributed by atoms with Gasteiger partial charge in [0, 0.05) is 18.5 Å². The lowest BCUT2D eigenvalue weighted by atomic mass is 10.2. The Morgan fingerprint density at radius 1 is 1.17 bits per heavy atom. The van der Waals surface area contributed by atoms with Crippen LogP contribution in [0.5, 0.6) is 0 Å². The molecule has 2 aromatic rings. The zero-order valence-corrected chi connectivity index (χ0v) is 14.8. The molecule has 0 aliphatic rings. The van der Waals surface area contributed by atoms with Crippen molar-refractivity contribution in [3.05, 3.63) is 52.9 Å². The fourth-order valence-electron chi connectivity index (χ4n) is 2.00. The molecule has 7 heteroatoms. The molecule has 23 heavy (non-hydrogen) atoms. The molecule has 0 atom stereocenters. The summed E-state index contributed by atoms with van der Waals surface area (Å²) < 4.78 is 27.0. The monoisotopic (exact) mass is 352 g/mol. The Morgan fingerprint density at radius 3 is 2.48 bits per heavy atom. The molecule has 0 fully saturated rings. The Kier molecular flexibility index (Phi) is 5.92. The second kappa shape index (κ2) is 7.72. The van der Waals surface area contributed by atoms with Gasteiger partial charge in [0.1, 0.15) is 4.21 Å². The third kappa shape index (κ3) is 4.89. The molecule has 0 spiro atoms. The van der Waals surface area contributed by atoms with E-state index in [0.717, 1.165) is 16.9 Å². The summed E-state index contributed by atoms with van der Waals surface area (Å²) in [7, 11) is -1.97.